The molecule has 0 unspecified atom stereocenters. The average molecular weight is 483 g/mol. The van der Waals surface area contributed by atoms with Crippen LogP contribution in [0.15, 0.2) is 35.6 Å². The van der Waals surface area contributed by atoms with Crippen LogP contribution in [0, 0.1) is 5.82 Å². The lowest BCUT2D eigenvalue weighted by molar-refractivity contribution is 0.0935. The van der Waals surface area contributed by atoms with Crippen LogP contribution in [-0.4, -0.2) is 53.3 Å². The van der Waals surface area contributed by atoms with Crippen LogP contribution in [0.2, 0.25) is 0 Å². The van der Waals surface area contributed by atoms with E-state index in [1.165, 1.54) is 18.2 Å². The highest BCUT2D eigenvalue weighted by atomic mass is 32.2. The van der Waals surface area contributed by atoms with E-state index >= 15 is 0 Å². The lowest BCUT2D eigenvalue weighted by Gasteiger charge is -2.30. The van der Waals surface area contributed by atoms with Crippen LogP contribution in [0.25, 0.3) is 0 Å². The highest BCUT2D eigenvalue weighted by Crippen LogP contribution is 2.23. The summed E-state index contributed by atoms with van der Waals surface area (Å²) in [6.45, 7) is 8.16. The molecule has 2 aromatic rings. The van der Waals surface area contributed by atoms with Crippen LogP contribution in [-0.2, 0) is 33.4 Å². The van der Waals surface area contributed by atoms with Crippen molar-refractivity contribution in [3.8, 4) is 0 Å². The van der Waals surface area contributed by atoms with Crippen molar-refractivity contribution in [1.29, 1.82) is 0 Å². The van der Waals surface area contributed by atoms with Crippen LogP contribution in [0.1, 0.15) is 44.9 Å². The fourth-order valence-electron chi connectivity index (χ4n) is 3.75. The van der Waals surface area contributed by atoms with Gasteiger partial charge in [0.1, 0.15) is 5.82 Å². The van der Waals surface area contributed by atoms with Gasteiger partial charge in [-0.3, -0.25) is 0 Å². The van der Waals surface area contributed by atoms with E-state index in [1.54, 1.807) is 16.8 Å². The van der Waals surface area contributed by atoms with Crippen LogP contribution in [0.5, 0.6) is 0 Å². The first-order chi connectivity index (χ1) is 15.2. The first-order valence-electron chi connectivity index (χ1n) is 10.9. The number of nitrogens with one attached hydrogen (secondary N) is 1. The summed E-state index contributed by atoms with van der Waals surface area (Å²) in [5.74, 6) is -0.999. The number of hydrogen-bond donors (Lipinski definition) is 1. The Bertz CT molecular complexity index is 1030. The molecule has 1 N–H and O–H groups in total. The van der Waals surface area contributed by atoms with Crippen molar-refractivity contribution in [3.05, 3.63) is 47.5 Å². The zero-order chi connectivity index (χ0) is 23.3. The summed E-state index contributed by atoms with van der Waals surface area (Å²) in [7, 11) is -3.88. The number of thiocarbonyl (C=S) groups is 1. The molecule has 0 radical (unpaired) electrons. The molecule has 7 nitrogen and oxygen atoms in total. The molecule has 10 heteroatoms. The van der Waals surface area contributed by atoms with Gasteiger partial charge in [0.25, 0.3) is 0 Å². The molecule has 0 amide bonds. The third-order valence-electron chi connectivity index (χ3n) is 5.44. The maximum Gasteiger partial charge on any atom is 0.228 e. The summed E-state index contributed by atoms with van der Waals surface area (Å²) in [4.78, 5) is 6.28. The Morgan fingerprint density at radius 3 is 2.78 bits per heavy atom. The number of ether oxygens (including phenoxy) is 1. The van der Waals surface area contributed by atoms with Crippen molar-refractivity contribution < 1.29 is 17.5 Å². The molecule has 1 fully saturated rings. The van der Waals surface area contributed by atoms with Crippen molar-refractivity contribution >= 4 is 27.2 Å². The van der Waals surface area contributed by atoms with Gasteiger partial charge in [0.05, 0.1) is 36.8 Å². The maximum atomic E-state index is 14.2. The molecule has 0 bridgehead atoms. The number of imidazole rings is 1. The Kier molecular flexibility index (Phi) is 8.24. The van der Waals surface area contributed by atoms with Crippen molar-refractivity contribution in [3.63, 3.8) is 0 Å². The summed E-state index contributed by atoms with van der Waals surface area (Å²) >= 11 is 5.52. The van der Waals surface area contributed by atoms with Crippen LogP contribution >= 0.6 is 12.2 Å². The lowest BCUT2D eigenvalue weighted by Crippen LogP contribution is -2.43. The smallest absolute Gasteiger partial charge is 0.228 e. The molecule has 2 heterocycles. The predicted octanol–water partition coefficient (Wildman–Crippen LogP) is 3.28. The van der Waals surface area contributed by atoms with Crippen LogP contribution in [0.4, 0.5) is 4.39 Å². The lowest BCUT2D eigenvalue weighted by atomic mass is 10.2. The van der Waals surface area contributed by atoms with Crippen molar-refractivity contribution in [1.82, 2.24) is 19.8 Å². The van der Waals surface area contributed by atoms with Crippen LogP contribution < -0.4 is 5.32 Å². The molecule has 0 aliphatic carbocycles. The van der Waals surface area contributed by atoms with E-state index < -0.39 is 21.4 Å². The fourth-order valence-corrected chi connectivity index (χ4v) is 5.69. The first kappa shape index (κ1) is 24.6. The standard InChI is InChI=1S/C22H31FN4O3S2/c1-4-24-21(31)26(16(2)3)13-18-12-25-22(27(18)14-19-9-7-11-30-19)32(28,29)15-17-8-5-6-10-20(17)23/h5-6,8,10,12,16,19H,4,7,9,11,13-15H2,1-3H3,(H,24,31)/t19-/m0/s1. The van der Waals surface area contributed by atoms with Gasteiger partial charge in [0.15, 0.2) is 5.11 Å². The Labute approximate surface area is 194 Å². The molecular formula is C22H31FN4O3S2. The minimum absolute atomic E-state index is 0.0654. The van der Waals surface area contributed by atoms with E-state index in [-0.39, 0.29) is 22.9 Å². The third-order valence-corrected chi connectivity index (χ3v) is 7.39. The zero-order valence-electron chi connectivity index (χ0n) is 18.8. The van der Waals surface area contributed by atoms with Gasteiger partial charge in [0, 0.05) is 24.8 Å². The maximum absolute atomic E-state index is 14.2. The van der Waals surface area contributed by atoms with Gasteiger partial charge >= 0.3 is 0 Å². The Balaban J connectivity index is 1.96. The quantitative estimate of drug-likeness (QED) is 0.550. The fraction of sp³-hybridized carbons (Fsp3) is 0.545. The second-order valence-electron chi connectivity index (χ2n) is 8.19. The molecule has 1 saturated heterocycles. The second kappa shape index (κ2) is 10.7. The summed E-state index contributed by atoms with van der Waals surface area (Å²) in [5, 5.41) is 3.69. The van der Waals surface area contributed by atoms with Crippen LogP contribution in [0.3, 0.4) is 0 Å². The summed E-state index contributed by atoms with van der Waals surface area (Å²) < 4.78 is 48.2. The van der Waals surface area contributed by atoms with Crippen molar-refractivity contribution in [2.45, 2.75) is 69.8 Å². The summed E-state index contributed by atoms with van der Waals surface area (Å²) in [5.41, 5.74) is 0.847. The molecule has 0 spiro atoms. The van der Waals surface area contributed by atoms with Gasteiger partial charge in [0.2, 0.25) is 15.0 Å². The van der Waals surface area contributed by atoms with E-state index in [0.29, 0.717) is 31.4 Å². The zero-order valence-corrected chi connectivity index (χ0v) is 20.4. The van der Waals surface area contributed by atoms with Gasteiger partial charge in [-0.05, 0) is 51.9 Å². The molecule has 1 atom stereocenters. The SMILES string of the molecule is CCNC(=S)N(Cc1cnc(S(=O)(=O)Cc2ccccc2F)n1C[C@@H]1CCCO1)C(C)C. The topological polar surface area (TPSA) is 76.5 Å². The Morgan fingerprint density at radius 1 is 1.41 bits per heavy atom. The molecular weight excluding hydrogens is 451 g/mol. The third kappa shape index (κ3) is 5.85. The van der Waals surface area contributed by atoms with E-state index in [0.717, 1.165) is 18.5 Å². The van der Waals surface area contributed by atoms with Gasteiger partial charge in [-0.1, -0.05) is 18.2 Å². The normalized spacial score (nSPS) is 16.5. The van der Waals surface area contributed by atoms with E-state index in [1.807, 2.05) is 25.7 Å². The number of sulfone groups is 1. The minimum Gasteiger partial charge on any atom is -0.376 e. The van der Waals surface area contributed by atoms with E-state index in [4.69, 9.17) is 17.0 Å². The number of hydrogen-bond acceptors (Lipinski definition) is 5. The minimum atomic E-state index is -3.88. The van der Waals surface area contributed by atoms with E-state index in [9.17, 15) is 12.8 Å². The molecule has 3 rings (SSSR count). The molecule has 1 aromatic carbocycles. The van der Waals surface area contributed by atoms with Crippen molar-refractivity contribution in [2.75, 3.05) is 13.2 Å². The van der Waals surface area contributed by atoms with Gasteiger partial charge in [-0.25, -0.2) is 17.8 Å². The monoisotopic (exact) mass is 482 g/mol. The van der Waals surface area contributed by atoms with Gasteiger partial charge in [-0.2, -0.15) is 0 Å². The molecule has 32 heavy (non-hydrogen) atoms. The van der Waals surface area contributed by atoms with Gasteiger partial charge in [-0.15, -0.1) is 0 Å². The Hall–Kier alpha value is -2.04. The highest BCUT2D eigenvalue weighted by molar-refractivity contribution is 7.90. The summed E-state index contributed by atoms with van der Waals surface area (Å²) in [6.07, 6.45) is 3.29. The molecule has 176 valence electrons. The average Bonchev–Trinajstić information content (AvgIpc) is 3.38. The largest absolute Gasteiger partial charge is 0.376 e. The van der Waals surface area contributed by atoms with Crippen molar-refractivity contribution in [2.24, 2.45) is 0 Å². The second-order valence-corrected chi connectivity index (χ2v) is 10.5. The number of nitrogens with zero attached hydrogens (tertiary/aromatic N) is 3. The van der Waals surface area contributed by atoms with E-state index in [2.05, 4.69) is 10.3 Å². The predicted molar refractivity (Wildman–Crippen MR) is 125 cm³/mol. The first-order valence-corrected chi connectivity index (χ1v) is 13.0. The molecule has 1 aliphatic rings. The van der Waals surface area contributed by atoms with Gasteiger partial charge < -0.3 is 19.5 Å². The molecule has 1 aliphatic heterocycles. The number of benzene rings is 1. The summed E-state index contributed by atoms with van der Waals surface area (Å²) in [6, 6.07) is 6.01. The highest BCUT2D eigenvalue weighted by Gasteiger charge is 2.29. The number of rotatable bonds is 9. The number of aromatic nitrogens is 2. The molecule has 0 saturated carbocycles. The Morgan fingerprint density at radius 2 is 2.16 bits per heavy atom. The number of halogens is 1. The molecule has 1 aromatic heterocycles.